The van der Waals surface area contributed by atoms with Crippen molar-refractivity contribution in [3.8, 4) is 0 Å². The molecule has 0 fully saturated rings. The van der Waals surface area contributed by atoms with Crippen LogP contribution in [-0.4, -0.2) is 24.8 Å². The monoisotopic (exact) mass is 182 g/mol. The van der Waals surface area contributed by atoms with Crippen molar-refractivity contribution in [2.24, 2.45) is 0 Å². The van der Waals surface area contributed by atoms with Crippen molar-refractivity contribution in [1.82, 2.24) is 0 Å². The highest BCUT2D eigenvalue weighted by Gasteiger charge is 2.42. The Bertz CT molecular complexity index is 281. The Morgan fingerprint density at radius 2 is 2.46 bits per heavy atom. The zero-order valence-corrected chi connectivity index (χ0v) is 7.23. The Labute approximate surface area is 75.7 Å². The lowest BCUT2D eigenvalue weighted by Gasteiger charge is -2.26. The van der Waals surface area contributed by atoms with Gasteiger partial charge in [0.25, 0.3) is 0 Å². The molecule has 1 aliphatic carbocycles. The van der Waals surface area contributed by atoms with E-state index < -0.39 is 11.6 Å². The first-order valence-electron chi connectivity index (χ1n) is 4.07. The van der Waals surface area contributed by atoms with Gasteiger partial charge in [-0.05, 0) is 18.6 Å². The third-order valence-corrected chi connectivity index (χ3v) is 2.11. The molecule has 3 aliphatic rings. The molecule has 4 nitrogen and oxygen atoms in total. The summed E-state index contributed by atoms with van der Waals surface area (Å²) in [5, 5.41) is 0. The number of fused-ring (bicyclic) bond motifs is 2. The van der Waals surface area contributed by atoms with E-state index in [4.69, 9.17) is 9.78 Å². The summed E-state index contributed by atoms with van der Waals surface area (Å²) in [6, 6.07) is 0. The molecule has 2 aliphatic heterocycles. The van der Waals surface area contributed by atoms with E-state index in [2.05, 4.69) is 4.74 Å². The van der Waals surface area contributed by atoms with Crippen LogP contribution in [0.25, 0.3) is 0 Å². The fraction of sp³-hybridized carbons (Fsp3) is 0.444. The molecule has 0 radical (unpaired) electrons. The van der Waals surface area contributed by atoms with Crippen molar-refractivity contribution in [2.45, 2.75) is 18.1 Å². The molecule has 70 valence electrons. The quantitative estimate of drug-likeness (QED) is 0.341. The average molecular weight is 182 g/mol. The first-order valence-corrected chi connectivity index (χ1v) is 4.07. The van der Waals surface area contributed by atoms with Gasteiger partial charge in [-0.1, -0.05) is 12.2 Å². The van der Waals surface area contributed by atoms with Crippen LogP contribution in [-0.2, 0) is 19.3 Å². The van der Waals surface area contributed by atoms with Crippen LogP contribution in [0.1, 0.15) is 6.42 Å². The molecule has 0 aromatic rings. The minimum absolute atomic E-state index is 0.0865. The van der Waals surface area contributed by atoms with Gasteiger partial charge in [0.1, 0.15) is 6.10 Å². The molecule has 2 bridgehead atoms. The summed E-state index contributed by atoms with van der Waals surface area (Å²) in [5.41, 5.74) is -1.16. The van der Waals surface area contributed by atoms with Gasteiger partial charge < -0.3 is 4.74 Å². The predicted molar refractivity (Wildman–Crippen MR) is 43.6 cm³/mol. The minimum atomic E-state index is -1.16. The Kier molecular flexibility index (Phi) is 1.94. The van der Waals surface area contributed by atoms with E-state index >= 15 is 0 Å². The molecule has 0 spiro atoms. The van der Waals surface area contributed by atoms with Crippen LogP contribution in [0.3, 0.4) is 0 Å². The second-order valence-corrected chi connectivity index (χ2v) is 3.00. The van der Waals surface area contributed by atoms with Crippen LogP contribution in [0.4, 0.5) is 0 Å². The molecule has 0 amide bonds. The van der Waals surface area contributed by atoms with Gasteiger partial charge in [0.05, 0.1) is 7.11 Å². The summed E-state index contributed by atoms with van der Waals surface area (Å²) in [7, 11) is 1.32. The van der Waals surface area contributed by atoms with Crippen LogP contribution in [0, 0.1) is 0 Å². The molecule has 13 heavy (non-hydrogen) atoms. The molecule has 0 N–H and O–H groups in total. The van der Waals surface area contributed by atoms with Gasteiger partial charge in [-0.15, -0.1) is 0 Å². The zero-order valence-electron chi connectivity index (χ0n) is 7.23. The maximum Gasteiger partial charge on any atom is 0.349 e. The molecule has 0 aromatic heterocycles. The van der Waals surface area contributed by atoms with E-state index in [0.717, 1.165) is 6.42 Å². The van der Waals surface area contributed by atoms with Crippen LogP contribution >= 0.6 is 0 Å². The molecular formula is C9H10O4. The Balaban J connectivity index is 2.34. The van der Waals surface area contributed by atoms with E-state index in [1.165, 1.54) is 7.11 Å². The first-order chi connectivity index (χ1) is 6.27. The average Bonchev–Trinajstić information content (AvgIpc) is 2.50. The van der Waals surface area contributed by atoms with Crippen molar-refractivity contribution < 1.29 is 19.3 Å². The van der Waals surface area contributed by atoms with Crippen molar-refractivity contribution in [3.63, 3.8) is 0 Å². The molecule has 0 saturated heterocycles. The first kappa shape index (κ1) is 8.47. The lowest BCUT2D eigenvalue weighted by atomic mass is 10.0. The fourth-order valence-corrected chi connectivity index (χ4v) is 1.36. The van der Waals surface area contributed by atoms with Gasteiger partial charge in [-0.25, -0.2) is 14.6 Å². The van der Waals surface area contributed by atoms with Gasteiger partial charge in [0, 0.05) is 0 Å². The summed E-state index contributed by atoms with van der Waals surface area (Å²) in [5.74, 6) is -0.472. The minimum Gasteiger partial charge on any atom is -0.466 e. The highest BCUT2D eigenvalue weighted by molar-refractivity contribution is 5.84. The number of carbonyl (C=O) groups excluding carboxylic acids is 1. The summed E-state index contributed by atoms with van der Waals surface area (Å²) in [4.78, 5) is 21.3. The Morgan fingerprint density at radius 3 is 3.08 bits per heavy atom. The summed E-state index contributed by atoms with van der Waals surface area (Å²) >= 11 is 0. The standard InChI is InChI=1S/C9H10O4/c1-11-8(10)9-5-2-3-7(4-6-9)12-13-9/h2,4-7H,3H2,1H3. The van der Waals surface area contributed by atoms with E-state index in [1.807, 2.05) is 6.08 Å². The van der Waals surface area contributed by atoms with Crippen LogP contribution in [0.2, 0.25) is 0 Å². The Morgan fingerprint density at radius 1 is 1.62 bits per heavy atom. The van der Waals surface area contributed by atoms with Gasteiger partial charge in [0.2, 0.25) is 5.60 Å². The van der Waals surface area contributed by atoms with Crippen LogP contribution in [0.5, 0.6) is 0 Å². The lowest BCUT2D eigenvalue weighted by Crippen LogP contribution is -2.41. The van der Waals surface area contributed by atoms with Crippen molar-refractivity contribution >= 4 is 5.97 Å². The van der Waals surface area contributed by atoms with Gasteiger partial charge in [0.15, 0.2) is 0 Å². The zero-order chi connectivity index (χ0) is 9.31. The number of carbonyl (C=O) groups is 1. The van der Waals surface area contributed by atoms with E-state index in [1.54, 1.807) is 18.2 Å². The van der Waals surface area contributed by atoms with Crippen molar-refractivity contribution in [2.75, 3.05) is 7.11 Å². The largest absolute Gasteiger partial charge is 0.466 e. The number of rotatable bonds is 1. The third-order valence-electron chi connectivity index (χ3n) is 2.11. The highest BCUT2D eigenvalue weighted by Crippen LogP contribution is 2.28. The maximum absolute atomic E-state index is 11.4. The van der Waals surface area contributed by atoms with Crippen molar-refractivity contribution in [1.29, 1.82) is 0 Å². The topological polar surface area (TPSA) is 44.8 Å². The smallest absolute Gasteiger partial charge is 0.349 e. The Hall–Kier alpha value is -1.13. The van der Waals surface area contributed by atoms with Gasteiger partial charge in [-0.3, -0.25) is 0 Å². The van der Waals surface area contributed by atoms with Gasteiger partial charge in [-0.2, -0.15) is 0 Å². The molecular weight excluding hydrogens is 172 g/mol. The second-order valence-electron chi connectivity index (χ2n) is 3.00. The number of esters is 1. The summed E-state index contributed by atoms with van der Waals surface area (Å²) in [6.07, 6.45) is 7.61. The number of hydrogen-bond donors (Lipinski definition) is 0. The van der Waals surface area contributed by atoms with E-state index in [-0.39, 0.29) is 6.10 Å². The number of hydrogen-bond acceptors (Lipinski definition) is 4. The second kappa shape index (κ2) is 2.97. The SMILES string of the molecule is COC(=O)C12C=CCC(C=C1)OO2. The van der Waals surface area contributed by atoms with Crippen molar-refractivity contribution in [3.05, 3.63) is 24.3 Å². The third kappa shape index (κ3) is 1.28. The van der Waals surface area contributed by atoms with Crippen LogP contribution < -0.4 is 0 Å². The normalized spacial score (nSPS) is 35.9. The fourth-order valence-electron chi connectivity index (χ4n) is 1.36. The summed E-state index contributed by atoms with van der Waals surface area (Å²) in [6.45, 7) is 0. The number of methoxy groups -OCH3 is 1. The highest BCUT2D eigenvalue weighted by atomic mass is 17.2. The predicted octanol–water partition coefficient (Wildman–Crippen LogP) is 0.745. The number of ether oxygens (including phenoxy) is 1. The molecule has 2 unspecified atom stereocenters. The summed E-state index contributed by atoms with van der Waals surface area (Å²) < 4.78 is 4.62. The molecule has 2 heterocycles. The molecule has 0 saturated carbocycles. The maximum atomic E-state index is 11.4. The van der Waals surface area contributed by atoms with Gasteiger partial charge >= 0.3 is 5.97 Å². The van der Waals surface area contributed by atoms with E-state index in [9.17, 15) is 4.79 Å². The van der Waals surface area contributed by atoms with E-state index in [0.29, 0.717) is 0 Å². The van der Waals surface area contributed by atoms with Crippen LogP contribution in [0.15, 0.2) is 24.3 Å². The molecule has 0 aromatic carbocycles. The lowest BCUT2D eigenvalue weighted by molar-refractivity contribution is -0.351. The molecule has 3 rings (SSSR count). The molecule has 4 heteroatoms. The molecule has 2 atom stereocenters.